The van der Waals surface area contributed by atoms with E-state index in [2.05, 4.69) is 10.6 Å². The van der Waals surface area contributed by atoms with Gasteiger partial charge in [-0.1, -0.05) is 12.1 Å². The molecular weight excluding hydrogens is 391 g/mol. The van der Waals surface area contributed by atoms with E-state index in [1.54, 1.807) is 24.0 Å². The van der Waals surface area contributed by atoms with E-state index in [4.69, 9.17) is 0 Å². The summed E-state index contributed by atoms with van der Waals surface area (Å²) >= 11 is 0. The van der Waals surface area contributed by atoms with Gasteiger partial charge in [-0.15, -0.1) is 0 Å². The van der Waals surface area contributed by atoms with E-state index in [0.717, 1.165) is 12.8 Å². The number of benzene rings is 2. The van der Waals surface area contributed by atoms with Crippen LogP contribution in [0.2, 0.25) is 0 Å². The van der Waals surface area contributed by atoms with Crippen LogP contribution in [0.5, 0.6) is 0 Å². The molecule has 1 unspecified atom stereocenters. The topological polar surface area (TPSA) is 105 Å². The van der Waals surface area contributed by atoms with Gasteiger partial charge in [0.1, 0.15) is 5.82 Å². The zero-order valence-electron chi connectivity index (χ0n) is 16.6. The quantitative estimate of drug-likeness (QED) is 0.575. The number of nitrogens with one attached hydrogen (secondary N) is 2. The molecule has 9 heteroatoms. The number of nitrogens with zero attached hydrogens (tertiary/aromatic N) is 2. The van der Waals surface area contributed by atoms with Crippen molar-refractivity contribution in [1.29, 1.82) is 0 Å². The number of piperidine rings is 1. The van der Waals surface area contributed by atoms with Crippen LogP contribution < -0.4 is 10.6 Å². The maximum absolute atomic E-state index is 13.2. The molecule has 0 bridgehead atoms. The van der Waals surface area contributed by atoms with Crippen LogP contribution in [0.15, 0.2) is 42.5 Å². The molecule has 0 saturated carbocycles. The Labute approximate surface area is 173 Å². The number of carbonyl (C=O) groups is 2. The minimum Gasteiger partial charge on any atom is -0.338 e. The van der Waals surface area contributed by atoms with Crippen molar-refractivity contribution in [3.63, 3.8) is 0 Å². The minimum absolute atomic E-state index is 0.0555. The van der Waals surface area contributed by atoms with Gasteiger partial charge in [-0.2, -0.15) is 0 Å². The highest BCUT2D eigenvalue weighted by molar-refractivity contribution is 5.96. The Balaban J connectivity index is 1.57. The van der Waals surface area contributed by atoms with Gasteiger partial charge in [-0.3, -0.25) is 14.9 Å². The standard InChI is InChI=1S/C21H23FN4O4/c1-14-18(8-3-9-19(14)26(29)30)20(27)25-10-4-5-15(13-25)12-23-21(28)24-17-7-2-6-16(22)11-17/h2-3,6-9,11,15H,4-5,10,12-13H2,1H3,(H2,23,24,28). The first-order valence-electron chi connectivity index (χ1n) is 9.69. The summed E-state index contributed by atoms with van der Waals surface area (Å²) in [5.41, 5.74) is 0.947. The van der Waals surface area contributed by atoms with Crippen molar-refractivity contribution >= 4 is 23.3 Å². The molecular formula is C21H23FN4O4. The predicted octanol–water partition coefficient (Wildman–Crippen LogP) is 3.72. The lowest BCUT2D eigenvalue weighted by atomic mass is 9.96. The monoisotopic (exact) mass is 414 g/mol. The fourth-order valence-corrected chi connectivity index (χ4v) is 3.62. The molecule has 1 atom stereocenters. The highest BCUT2D eigenvalue weighted by atomic mass is 19.1. The number of halogens is 1. The largest absolute Gasteiger partial charge is 0.338 e. The zero-order valence-corrected chi connectivity index (χ0v) is 16.6. The molecule has 1 fully saturated rings. The molecule has 0 aliphatic carbocycles. The smallest absolute Gasteiger partial charge is 0.319 e. The van der Waals surface area contributed by atoms with E-state index in [0.29, 0.717) is 36.4 Å². The summed E-state index contributed by atoms with van der Waals surface area (Å²) in [6.07, 6.45) is 1.62. The van der Waals surface area contributed by atoms with Crippen molar-refractivity contribution in [1.82, 2.24) is 10.2 Å². The van der Waals surface area contributed by atoms with E-state index >= 15 is 0 Å². The van der Waals surface area contributed by atoms with E-state index < -0.39 is 16.8 Å². The average molecular weight is 414 g/mol. The molecule has 3 rings (SSSR count). The number of rotatable bonds is 5. The summed E-state index contributed by atoms with van der Waals surface area (Å²) < 4.78 is 13.2. The first-order chi connectivity index (χ1) is 14.3. The van der Waals surface area contributed by atoms with Crippen LogP contribution in [0.25, 0.3) is 0 Å². The number of nitro benzene ring substituents is 1. The maximum atomic E-state index is 13.2. The Kier molecular flexibility index (Phi) is 6.61. The van der Waals surface area contributed by atoms with Gasteiger partial charge in [0.05, 0.1) is 4.92 Å². The van der Waals surface area contributed by atoms with Crippen molar-refractivity contribution in [2.24, 2.45) is 5.92 Å². The Morgan fingerprint density at radius 2 is 2.03 bits per heavy atom. The molecule has 2 aromatic rings. The third-order valence-corrected chi connectivity index (χ3v) is 5.17. The van der Waals surface area contributed by atoms with Crippen LogP contribution in [-0.2, 0) is 0 Å². The molecule has 0 radical (unpaired) electrons. The van der Waals surface area contributed by atoms with Crippen LogP contribution in [0.3, 0.4) is 0 Å². The third-order valence-electron chi connectivity index (χ3n) is 5.17. The lowest BCUT2D eigenvalue weighted by molar-refractivity contribution is -0.385. The molecule has 158 valence electrons. The minimum atomic E-state index is -0.494. The molecule has 1 aliphatic rings. The summed E-state index contributed by atoms with van der Waals surface area (Å²) in [5, 5.41) is 16.5. The number of likely N-dealkylation sites (tertiary alicyclic amines) is 1. The first-order valence-corrected chi connectivity index (χ1v) is 9.69. The van der Waals surface area contributed by atoms with Gasteiger partial charge in [0.25, 0.3) is 11.6 Å². The van der Waals surface area contributed by atoms with Gasteiger partial charge in [0, 0.05) is 42.5 Å². The van der Waals surface area contributed by atoms with Crippen LogP contribution in [0.4, 0.5) is 20.6 Å². The van der Waals surface area contributed by atoms with Crippen LogP contribution in [-0.4, -0.2) is 41.4 Å². The molecule has 1 aliphatic heterocycles. The summed E-state index contributed by atoms with van der Waals surface area (Å²) in [6.45, 7) is 2.94. The maximum Gasteiger partial charge on any atom is 0.319 e. The predicted molar refractivity (Wildman–Crippen MR) is 110 cm³/mol. The Morgan fingerprint density at radius 1 is 1.27 bits per heavy atom. The molecule has 0 spiro atoms. The van der Waals surface area contributed by atoms with E-state index in [-0.39, 0.29) is 17.5 Å². The lowest BCUT2D eigenvalue weighted by Gasteiger charge is -2.33. The van der Waals surface area contributed by atoms with Crippen molar-refractivity contribution in [2.75, 3.05) is 25.0 Å². The molecule has 8 nitrogen and oxygen atoms in total. The fraction of sp³-hybridized carbons (Fsp3) is 0.333. The highest BCUT2D eigenvalue weighted by Gasteiger charge is 2.27. The Bertz CT molecular complexity index is 966. The Hall–Kier alpha value is -3.49. The van der Waals surface area contributed by atoms with Crippen LogP contribution >= 0.6 is 0 Å². The van der Waals surface area contributed by atoms with Gasteiger partial charge >= 0.3 is 6.03 Å². The molecule has 1 saturated heterocycles. The Morgan fingerprint density at radius 3 is 2.77 bits per heavy atom. The number of hydrogen-bond donors (Lipinski definition) is 2. The summed E-state index contributed by atoms with van der Waals surface area (Å²) in [7, 11) is 0. The number of urea groups is 1. The summed E-state index contributed by atoms with van der Waals surface area (Å²) in [4.78, 5) is 37.3. The second-order valence-electron chi connectivity index (χ2n) is 7.31. The van der Waals surface area contributed by atoms with Crippen LogP contribution in [0.1, 0.15) is 28.8 Å². The van der Waals surface area contributed by atoms with Gasteiger partial charge in [-0.05, 0) is 49.9 Å². The molecule has 2 aromatic carbocycles. The molecule has 0 aromatic heterocycles. The van der Waals surface area contributed by atoms with Gasteiger partial charge in [0.15, 0.2) is 0 Å². The first kappa shape index (κ1) is 21.2. The number of anilines is 1. The number of hydrogen-bond acceptors (Lipinski definition) is 4. The van der Waals surface area contributed by atoms with E-state index in [1.165, 1.54) is 30.3 Å². The molecule has 3 amide bonds. The summed E-state index contributed by atoms with van der Waals surface area (Å²) in [5.74, 6) is -0.629. The lowest BCUT2D eigenvalue weighted by Crippen LogP contribution is -2.44. The van der Waals surface area contributed by atoms with E-state index in [9.17, 15) is 24.1 Å². The highest BCUT2D eigenvalue weighted by Crippen LogP contribution is 2.24. The molecule has 1 heterocycles. The van der Waals surface area contributed by atoms with Gasteiger partial charge in [0.2, 0.25) is 0 Å². The number of amides is 3. The normalized spacial score (nSPS) is 16.1. The molecule has 30 heavy (non-hydrogen) atoms. The number of nitro groups is 1. The second-order valence-corrected chi connectivity index (χ2v) is 7.31. The average Bonchev–Trinajstić information content (AvgIpc) is 2.72. The van der Waals surface area contributed by atoms with Crippen molar-refractivity contribution in [3.05, 3.63) is 69.5 Å². The number of carbonyl (C=O) groups excluding carboxylic acids is 2. The summed E-state index contributed by atoms with van der Waals surface area (Å²) in [6, 6.07) is 9.65. The van der Waals surface area contributed by atoms with Gasteiger partial charge < -0.3 is 15.5 Å². The van der Waals surface area contributed by atoms with E-state index in [1.807, 2.05) is 0 Å². The molecule has 2 N–H and O–H groups in total. The van der Waals surface area contributed by atoms with Crippen molar-refractivity contribution in [2.45, 2.75) is 19.8 Å². The third kappa shape index (κ3) is 5.11. The van der Waals surface area contributed by atoms with Gasteiger partial charge in [-0.25, -0.2) is 9.18 Å². The van der Waals surface area contributed by atoms with Crippen molar-refractivity contribution < 1.29 is 18.9 Å². The SMILES string of the molecule is Cc1c(C(=O)N2CCCC(CNC(=O)Nc3cccc(F)c3)C2)cccc1[N+](=O)[O-]. The van der Waals surface area contributed by atoms with Crippen molar-refractivity contribution in [3.8, 4) is 0 Å². The second kappa shape index (κ2) is 9.34. The fourth-order valence-electron chi connectivity index (χ4n) is 3.62. The zero-order chi connectivity index (χ0) is 21.7. The van der Waals surface area contributed by atoms with Crippen LogP contribution in [0, 0.1) is 28.8 Å².